The normalized spacial score (nSPS) is 43.5. The summed E-state index contributed by atoms with van der Waals surface area (Å²) in [6.07, 6.45) is 0. The number of nitrogens with zero attached hydrogens (tertiary/aromatic N) is 1. The highest BCUT2D eigenvalue weighted by molar-refractivity contribution is 4.70. The molecule has 0 aromatic carbocycles. The van der Waals surface area contributed by atoms with Gasteiger partial charge in [-0.1, -0.05) is 6.92 Å². The molecule has 1 nitrogen and oxygen atoms in total. The van der Waals surface area contributed by atoms with E-state index in [-0.39, 0.29) is 0 Å². The Bertz CT molecular complexity index is 96.6. The van der Waals surface area contributed by atoms with Crippen LogP contribution in [0.5, 0.6) is 0 Å². The lowest BCUT2D eigenvalue weighted by Crippen LogP contribution is -2.63. The molecular formula is C7H16N+. The average Bonchev–Trinajstić information content (AvgIpc) is 1.65. The van der Waals surface area contributed by atoms with Crippen molar-refractivity contribution in [3.63, 3.8) is 0 Å². The predicted molar refractivity (Wildman–Crippen MR) is 35.6 cm³/mol. The summed E-state index contributed by atoms with van der Waals surface area (Å²) >= 11 is 0. The summed E-state index contributed by atoms with van der Waals surface area (Å²) in [5.74, 6) is 0.949. The van der Waals surface area contributed by atoms with E-state index >= 15 is 0 Å². The SMILES string of the molecule is CC1C[N+](C)(C)C1C. The second-order valence-electron chi connectivity index (χ2n) is 3.68. The summed E-state index contributed by atoms with van der Waals surface area (Å²) in [4.78, 5) is 0. The van der Waals surface area contributed by atoms with Crippen molar-refractivity contribution < 1.29 is 4.48 Å². The van der Waals surface area contributed by atoms with Crippen molar-refractivity contribution in [1.82, 2.24) is 0 Å². The summed E-state index contributed by atoms with van der Waals surface area (Å²) in [5, 5.41) is 0. The van der Waals surface area contributed by atoms with Gasteiger partial charge in [-0.3, -0.25) is 0 Å². The van der Waals surface area contributed by atoms with Gasteiger partial charge in [0.25, 0.3) is 0 Å². The quantitative estimate of drug-likeness (QED) is 0.414. The maximum atomic E-state index is 2.33. The molecule has 1 aliphatic rings. The first kappa shape index (κ1) is 6.09. The summed E-state index contributed by atoms with van der Waals surface area (Å²) < 4.78 is 1.22. The molecule has 1 fully saturated rings. The molecule has 0 aromatic heterocycles. The topological polar surface area (TPSA) is 0 Å². The van der Waals surface area contributed by atoms with Crippen molar-refractivity contribution in [2.75, 3.05) is 20.6 Å². The first-order valence-electron chi connectivity index (χ1n) is 3.37. The monoisotopic (exact) mass is 114 g/mol. The van der Waals surface area contributed by atoms with Gasteiger partial charge in [-0.05, 0) is 6.92 Å². The van der Waals surface area contributed by atoms with Crippen LogP contribution in [-0.2, 0) is 0 Å². The van der Waals surface area contributed by atoms with Crippen molar-refractivity contribution in [2.24, 2.45) is 5.92 Å². The van der Waals surface area contributed by atoms with E-state index in [0.29, 0.717) is 0 Å². The van der Waals surface area contributed by atoms with E-state index in [2.05, 4.69) is 27.9 Å². The molecule has 0 spiro atoms. The van der Waals surface area contributed by atoms with Gasteiger partial charge < -0.3 is 4.48 Å². The van der Waals surface area contributed by atoms with Crippen LogP contribution in [0.25, 0.3) is 0 Å². The minimum absolute atomic E-state index is 0.884. The van der Waals surface area contributed by atoms with Gasteiger partial charge in [0.1, 0.15) is 0 Å². The van der Waals surface area contributed by atoms with Gasteiger partial charge in [-0.2, -0.15) is 0 Å². The van der Waals surface area contributed by atoms with Gasteiger partial charge in [-0.25, -0.2) is 0 Å². The summed E-state index contributed by atoms with van der Waals surface area (Å²) in [6, 6.07) is 0.884. The molecule has 1 heteroatoms. The molecule has 2 atom stereocenters. The average molecular weight is 114 g/mol. The third-order valence-corrected chi connectivity index (χ3v) is 2.68. The summed E-state index contributed by atoms with van der Waals surface area (Å²) in [7, 11) is 4.59. The number of quaternary nitrogens is 1. The van der Waals surface area contributed by atoms with Crippen molar-refractivity contribution in [1.29, 1.82) is 0 Å². The number of rotatable bonds is 0. The first-order valence-corrected chi connectivity index (χ1v) is 3.37. The molecule has 0 aliphatic carbocycles. The van der Waals surface area contributed by atoms with Gasteiger partial charge >= 0.3 is 0 Å². The van der Waals surface area contributed by atoms with Gasteiger partial charge in [-0.15, -0.1) is 0 Å². The molecule has 0 amide bonds. The highest BCUT2D eigenvalue weighted by atomic mass is 15.4. The zero-order chi connectivity index (χ0) is 6.36. The predicted octanol–water partition coefficient (Wildman–Crippen LogP) is 1.10. The molecule has 0 radical (unpaired) electrons. The Morgan fingerprint density at radius 1 is 1.25 bits per heavy atom. The molecule has 1 heterocycles. The minimum atomic E-state index is 0.884. The van der Waals surface area contributed by atoms with E-state index in [9.17, 15) is 0 Å². The Kier molecular flexibility index (Phi) is 1.12. The molecule has 0 N–H and O–H groups in total. The van der Waals surface area contributed by atoms with Gasteiger partial charge in [0, 0.05) is 0 Å². The Morgan fingerprint density at radius 2 is 1.75 bits per heavy atom. The van der Waals surface area contributed by atoms with Crippen molar-refractivity contribution in [3.8, 4) is 0 Å². The second kappa shape index (κ2) is 1.47. The Labute approximate surface area is 51.9 Å². The molecule has 1 rings (SSSR count). The molecule has 0 aromatic rings. The third-order valence-electron chi connectivity index (χ3n) is 2.68. The van der Waals surface area contributed by atoms with Crippen LogP contribution in [0.4, 0.5) is 0 Å². The molecule has 1 saturated heterocycles. The lowest BCUT2D eigenvalue weighted by molar-refractivity contribution is -0.963. The highest BCUT2D eigenvalue weighted by Crippen LogP contribution is 2.28. The van der Waals surface area contributed by atoms with E-state index in [1.165, 1.54) is 11.0 Å². The standard InChI is InChI=1S/C7H16N/c1-6-5-8(3,4)7(6)2/h6-7H,5H2,1-4H3/q+1. The van der Waals surface area contributed by atoms with Crippen LogP contribution in [0.15, 0.2) is 0 Å². The zero-order valence-electron chi connectivity index (χ0n) is 6.31. The second-order valence-corrected chi connectivity index (χ2v) is 3.68. The van der Waals surface area contributed by atoms with Gasteiger partial charge in [0.05, 0.1) is 32.6 Å². The molecule has 1 aliphatic heterocycles. The molecule has 8 heavy (non-hydrogen) atoms. The van der Waals surface area contributed by atoms with E-state index in [4.69, 9.17) is 0 Å². The van der Waals surface area contributed by atoms with Crippen LogP contribution in [0, 0.1) is 5.92 Å². The van der Waals surface area contributed by atoms with Crippen molar-refractivity contribution in [3.05, 3.63) is 0 Å². The molecular weight excluding hydrogens is 98.1 g/mol. The van der Waals surface area contributed by atoms with Crippen LogP contribution < -0.4 is 0 Å². The highest BCUT2D eigenvalue weighted by Gasteiger charge is 2.41. The molecule has 0 saturated carbocycles. The lowest BCUT2D eigenvalue weighted by atomic mass is 9.90. The molecule has 2 unspecified atom stereocenters. The van der Waals surface area contributed by atoms with Gasteiger partial charge in [0.15, 0.2) is 0 Å². The summed E-state index contributed by atoms with van der Waals surface area (Å²) in [6.45, 7) is 6.02. The number of hydrogen-bond acceptors (Lipinski definition) is 0. The Morgan fingerprint density at radius 3 is 1.75 bits per heavy atom. The summed E-state index contributed by atoms with van der Waals surface area (Å²) in [5.41, 5.74) is 0. The van der Waals surface area contributed by atoms with E-state index in [0.717, 1.165) is 12.0 Å². The van der Waals surface area contributed by atoms with Crippen LogP contribution in [-0.4, -0.2) is 31.2 Å². The molecule has 48 valence electrons. The van der Waals surface area contributed by atoms with Crippen LogP contribution >= 0.6 is 0 Å². The van der Waals surface area contributed by atoms with Crippen LogP contribution in [0.3, 0.4) is 0 Å². The van der Waals surface area contributed by atoms with Crippen LogP contribution in [0.1, 0.15) is 13.8 Å². The van der Waals surface area contributed by atoms with E-state index in [1.807, 2.05) is 0 Å². The maximum Gasteiger partial charge on any atom is 0.0938 e. The largest absolute Gasteiger partial charge is 0.325 e. The fraction of sp³-hybridized carbons (Fsp3) is 1.00. The Hall–Kier alpha value is -0.0400. The lowest BCUT2D eigenvalue weighted by Gasteiger charge is -2.50. The fourth-order valence-corrected chi connectivity index (χ4v) is 1.61. The number of likely N-dealkylation sites (tertiary alicyclic amines) is 1. The van der Waals surface area contributed by atoms with Crippen molar-refractivity contribution >= 4 is 0 Å². The third kappa shape index (κ3) is 0.655. The fourth-order valence-electron chi connectivity index (χ4n) is 1.61. The minimum Gasteiger partial charge on any atom is -0.325 e. The number of hydrogen-bond donors (Lipinski definition) is 0. The van der Waals surface area contributed by atoms with Crippen LogP contribution in [0.2, 0.25) is 0 Å². The first-order chi connectivity index (χ1) is 3.54. The smallest absolute Gasteiger partial charge is 0.0938 e. The zero-order valence-corrected chi connectivity index (χ0v) is 6.31. The van der Waals surface area contributed by atoms with E-state index < -0.39 is 0 Å². The van der Waals surface area contributed by atoms with Crippen molar-refractivity contribution in [2.45, 2.75) is 19.9 Å². The van der Waals surface area contributed by atoms with E-state index in [1.54, 1.807) is 0 Å². The Balaban J connectivity index is 2.47. The maximum absolute atomic E-state index is 2.33. The molecule has 0 bridgehead atoms. The van der Waals surface area contributed by atoms with Gasteiger partial charge in [0.2, 0.25) is 0 Å².